The predicted molar refractivity (Wildman–Crippen MR) is 71.3 cm³/mol. The molecule has 0 saturated carbocycles. The molecule has 0 aliphatic carbocycles. The Morgan fingerprint density at radius 2 is 1.88 bits per heavy atom. The first-order chi connectivity index (χ1) is 8.25. The van der Waals surface area contributed by atoms with Crippen molar-refractivity contribution >= 4 is 23.0 Å². The van der Waals surface area contributed by atoms with Gasteiger partial charge in [-0.05, 0) is 23.0 Å². The van der Waals surface area contributed by atoms with Crippen LogP contribution >= 0.6 is 12.2 Å². The fourth-order valence-corrected chi connectivity index (χ4v) is 2.09. The lowest BCUT2D eigenvalue weighted by atomic mass is 10.0. The average Bonchev–Trinajstić information content (AvgIpc) is 2.69. The Morgan fingerprint density at radius 1 is 1.12 bits per heavy atom. The molecule has 3 aromatic rings. The summed E-state index contributed by atoms with van der Waals surface area (Å²) < 4.78 is 2.31. The Kier molecular flexibility index (Phi) is 2.30. The summed E-state index contributed by atoms with van der Waals surface area (Å²) in [5, 5.41) is 5.54. The maximum absolute atomic E-state index is 5.12. The SMILES string of the molecule is Cn1[nH]c(-c2cccc3ccccc23)nc1=S. The molecule has 0 aliphatic heterocycles. The van der Waals surface area contributed by atoms with E-state index in [9.17, 15) is 0 Å². The Morgan fingerprint density at radius 3 is 2.65 bits per heavy atom. The highest BCUT2D eigenvalue weighted by Crippen LogP contribution is 2.25. The van der Waals surface area contributed by atoms with Gasteiger partial charge in [0.2, 0.25) is 4.77 Å². The number of nitrogens with zero attached hydrogens (tertiary/aromatic N) is 2. The summed E-state index contributed by atoms with van der Waals surface area (Å²) in [6, 6.07) is 14.4. The monoisotopic (exact) mass is 241 g/mol. The van der Waals surface area contributed by atoms with Crippen LogP contribution in [0.4, 0.5) is 0 Å². The number of hydrogen-bond acceptors (Lipinski definition) is 2. The van der Waals surface area contributed by atoms with Gasteiger partial charge in [-0.1, -0.05) is 42.5 Å². The lowest BCUT2D eigenvalue weighted by Crippen LogP contribution is -1.89. The van der Waals surface area contributed by atoms with Crippen molar-refractivity contribution < 1.29 is 0 Å². The Labute approximate surface area is 104 Å². The van der Waals surface area contributed by atoms with E-state index in [1.165, 1.54) is 10.8 Å². The van der Waals surface area contributed by atoms with Gasteiger partial charge in [-0.3, -0.25) is 9.78 Å². The fraction of sp³-hybridized carbons (Fsp3) is 0.0769. The maximum Gasteiger partial charge on any atom is 0.216 e. The van der Waals surface area contributed by atoms with Crippen molar-refractivity contribution in [1.29, 1.82) is 0 Å². The summed E-state index contributed by atoms with van der Waals surface area (Å²) in [5.74, 6) is 0.814. The van der Waals surface area contributed by atoms with Gasteiger partial charge in [0.05, 0.1) is 0 Å². The Hall–Kier alpha value is -1.94. The van der Waals surface area contributed by atoms with Gasteiger partial charge >= 0.3 is 0 Å². The number of hydrogen-bond donors (Lipinski definition) is 1. The number of fused-ring (bicyclic) bond motifs is 1. The third-order valence-electron chi connectivity index (χ3n) is 2.81. The molecule has 3 rings (SSSR count). The first-order valence-electron chi connectivity index (χ1n) is 5.37. The van der Waals surface area contributed by atoms with Crippen LogP contribution in [0.25, 0.3) is 22.2 Å². The maximum atomic E-state index is 5.12. The molecule has 4 heteroatoms. The zero-order valence-corrected chi connectivity index (χ0v) is 10.2. The van der Waals surface area contributed by atoms with Crippen molar-refractivity contribution in [2.24, 2.45) is 7.05 Å². The number of benzene rings is 2. The molecule has 1 heterocycles. The molecule has 0 spiro atoms. The van der Waals surface area contributed by atoms with Crippen LogP contribution in [-0.2, 0) is 7.05 Å². The molecule has 1 N–H and O–H groups in total. The number of aromatic nitrogens is 3. The van der Waals surface area contributed by atoms with E-state index < -0.39 is 0 Å². The minimum atomic E-state index is 0.563. The van der Waals surface area contributed by atoms with Gasteiger partial charge in [0.25, 0.3) is 0 Å². The molecular formula is C13H11N3S. The molecule has 0 unspecified atom stereocenters. The minimum absolute atomic E-state index is 0.563. The van der Waals surface area contributed by atoms with Crippen LogP contribution in [0.2, 0.25) is 0 Å². The van der Waals surface area contributed by atoms with Crippen LogP contribution in [0, 0.1) is 4.77 Å². The van der Waals surface area contributed by atoms with Gasteiger partial charge in [-0.2, -0.15) is 4.98 Å². The number of nitrogens with one attached hydrogen (secondary N) is 1. The van der Waals surface area contributed by atoms with Crippen molar-refractivity contribution in [1.82, 2.24) is 14.8 Å². The first-order valence-corrected chi connectivity index (χ1v) is 5.78. The van der Waals surface area contributed by atoms with Gasteiger partial charge in [-0.25, -0.2) is 0 Å². The summed E-state index contributed by atoms with van der Waals surface area (Å²) >= 11 is 5.12. The molecule has 0 bridgehead atoms. The minimum Gasteiger partial charge on any atom is -0.279 e. The van der Waals surface area contributed by atoms with Crippen molar-refractivity contribution in [2.75, 3.05) is 0 Å². The molecule has 3 nitrogen and oxygen atoms in total. The third-order valence-corrected chi connectivity index (χ3v) is 3.18. The first kappa shape index (κ1) is 10.2. The lowest BCUT2D eigenvalue weighted by Gasteiger charge is -2.02. The van der Waals surface area contributed by atoms with E-state index in [0.717, 1.165) is 11.4 Å². The smallest absolute Gasteiger partial charge is 0.216 e. The van der Waals surface area contributed by atoms with E-state index in [4.69, 9.17) is 12.2 Å². The van der Waals surface area contributed by atoms with Gasteiger partial charge in [0.1, 0.15) is 0 Å². The van der Waals surface area contributed by atoms with Crippen LogP contribution in [0.15, 0.2) is 42.5 Å². The van der Waals surface area contributed by atoms with Crippen LogP contribution in [0.1, 0.15) is 0 Å². The van der Waals surface area contributed by atoms with Crippen molar-refractivity contribution in [3.63, 3.8) is 0 Å². The second-order valence-corrected chi connectivity index (χ2v) is 4.31. The highest BCUT2D eigenvalue weighted by molar-refractivity contribution is 7.71. The summed E-state index contributed by atoms with van der Waals surface area (Å²) in [5.41, 5.74) is 1.08. The van der Waals surface area contributed by atoms with E-state index in [0.29, 0.717) is 4.77 Å². The van der Waals surface area contributed by atoms with Crippen LogP contribution in [-0.4, -0.2) is 14.8 Å². The second kappa shape index (κ2) is 3.82. The molecule has 17 heavy (non-hydrogen) atoms. The fourth-order valence-electron chi connectivity index (χ4n) is 1.95. The van der Waals surface area contributed by atoms with Crippen LogP contribution < -0.4 is 0 Å². The highest BCUT2D eigenvalue weighted by Gasteiger charge is 2.06. The number of rotatable bonds is 1. The average molecular weight is 241 g/mol. The molecule has 1 aromatic heterocycles. The summed E-state index contributed by atoms with van der Waals surface area (Å²) in [6.45, 7) is 0. The van der Waals surface area contributed by atoms with Crippen molar-refractivity contribution in [3.05, 3.63) is 47.2 Å². The topological polar surface area (TPSA) is 33.6 Å². The normalized spacial score (nSPS) is 10.9. The number of aryl methyl sites for hydroxylation is 1. The zero-order valence-electron chi connectivity index (χ0n) is 9.34. The second-order valence-electron chi connectivity index (χ2n) is 3.94. The Bertz CT molecular complexity index is 734. The molecule has 0 atom stereocenters. The standard InChI is InChI=1S/C13H11N3S/c1-16-13(17)14-12(15-16)11-8-4-6-9-5-2-3-7-10(9)11/h2-8H,1H3,(H,14,15,17). The quantitative estimate of drug-likeness (QED) is 0.663. The summed E-state index contributed by atoms with van der Waals surface area (Å²) in [4.78, 5) is 4.35. The van der Waals surface area contributed by atoms with E-state index >= 15 is 0 Å². The van der Waals surface area contributed by atoms with Gasteiger partial charge in [0, 0.05) is 12.6 Å². The number of aromatic amines is 1. The zero-order chi connectivity index (χ0) is 11.8. The highest BCUT2D eigenvalue weighted by atomic mass is 32.1. The molecule has 2 aromatic carbocycles. The summed E-state index contributed by atoms with van der Waals surface area (Å²) in [7, 11) is 1.87. The van der Waals surface area contributed by atoms with Crippen molar-refractivity contribution in [2.45, 2.75) is 0 Å². The molecule has 0 fully saturated rings. The van der Waals surface area contributed by atoms with Crippen molar-refractivity contribution in [3.8, 4) is 11.4 Å². The largest absolute Gasteiger partial charge is 0.279 e. The number of H-pyrrole nitrogens is 1. The van der Waals surface area contributed by atoms with E-state index in [1.54, 1.807) is 4.68 Å². The van der Waals surface area contributed by atoms with Gasteiger partial charge in [0.15, 0.2) is 5.82 Å². The Balaban J connectivity index is 2.34. The molecule has 84 valence electrons. The van der Waals surface area contributed by atoms with E-state index in [1.807, 2.05) is 25.2 Å². The van der Waals surface area contributed by atoms with E-state index in [-0.39, 0.29) is 0 Å². The van der Waals surface area contributed by atoms with E-state index in [2.05, 4.69) is 34.3 Å². The van der Waals surface area contributed by atoms with Crippen LogP contribution in [0.5, 0.6) is 0 Å². The van der Waals surface area contributed by atoms with Gasteiger partial charge in [-0.15, -0.1) is 0 Å². The molecular weight excluding hydrogens is 230 g/mol. The molecule has 0 aliphatic rings. The van der Waals surface area contributed by atoms with Gasteiger partial charge < -0.3 is 0 Å². The lowest BCUT2D eigenvalue weighted by molar-refractivity contribution is 0.756. The predicted octanol–water partition coefficient (Wildman–Crippen LogP) is 3.30. The summed E-state index contributed by atoms with van der Waals surface area (Å²) in [6.07, 6.45) is 0. The third kappa shape index (κ3) is 1.66. The molecule has 0 amide bonds. The molecule has 0 radical (unpaired) electrons. The van der Waals surface area contributed by atoms with Crippen LogP contribution in [0.3, 0.4) is 0 Å². The molecule has 0 saturated heterocycles.